The maximum Gasteiger partial charge on any atom is 0.407 e. The molecule has 7 nitrogen and oxygen atoms in total. The van der Waals surface area contributed by atoms with Gasteiger partial charge >= 0.3 is 6.09 Å². The number of ether oxygens (including phenoxy) is 1. The molecule has 1 aliphatic heterocycles. The van der Waals surface area contributed by atoms with Crippen molar-refractivity contribution in [2.45, 2.75) is 59.0 Å². The van der Waals surface area contributed by atoms with E-state index in [4.69, 9.17) is 4.74 Å². The molecule has 0 radical (unpaired) electrons. The number of carbonyl (C=O) groups excluding carboxylic acids is 3. The van der Waals surface area contributed by atoms with Gasteiger partial charge in [0, 0.05) is 25.2 Å². The molecule has 34 heavy (non-hydrogen) atoms. The van der Waals surface area contributed by atoms with Crippen molar-refractivity contribution < 1.29 is 19.1 Å². The lowest BCUT2D eigenvalue weighted by molar-refractivity contribution is 0.0500. The number of nitrogens with zero attached hydrogens (tertiary/aromatic N) is 1. The maximum atomic E-state index is 13.1. The Bertz CT molecular complexity index is 1000. The Hall–Kier alpha value is -2.87. The second-order valence-corrected chi connectivity index (χ2v) is 10.9. The van der Waals surface area contributed by atoms with E-state index in [1.807, 2.05) is 55.3 Å². The molecule has 1 aliphatic rings. The second-order valence-electron chi connectivity index (χ2n) is 10.0. The van der Waals surface area contributed by atoms with Crippen molar-refractivity contribution in [2.75, 3.05) is 25.0 Å². The van der Waals surface area contributed by atoms with Crippen molar-refractivity contribution in [2.24, 2.45) is 5.92 Å². The van der Waals surface area contributed by atoms with E-state index < -0.39 is 11.7 Å². The van der Waals surface area contributed by atoms with Crippen LogP contribution in [0.5, 0.6) is 0 Å². The largest absolute Gasteiger partial charge is 0.444 e. The number of carbonyl (C=O) groups is 3. The number of alkyl carbamates (subject to hydrolysis) is 1. The van der Waals surface area contributed by atoms with E-state index in [0.29, 0.717) is 47.6 Å². The second kappa shape index (κ2) is 11.0. The van der Waals surface area contributed by atoms with Crippen LogP contribution < -0.4 is 10.6 Å². The summed E-state index contributed by atoms with van der Waals surface area (Å²) in [5, 5.41) is 8.12. The average Bonchev–Trinajstić information content (AvgIpc) is 3.24. The molecule has 1 fully saturated rings. The van der Waals surface area contributed by atoms with Crippen LogP contribution in [0.15, 0.2) is 35.7 Å². The summed E-state index contributed by atoms with van der Waals surface area (Å²) < 4.78 is 5.28. The van der Waals surface area contributed by atoms with Gasteiger partial charge in [-0.3, -0.25) is 9.59 Å². The topological polar surface area (TPSA) is 87.7 Å². The number of hydrogen-bond acceptors (Lipinski definition) is 5. The summed E-state index contributed by atoms with van der Waals surface area (Å²) in [5.41, 5.74) is 1.73. The monoisotopic (exact) mass is 485 g/mol. The van der Waals surface area contributed by atoms with E-state index in [2.05, 4.69) is 24.5 Å². The smallest absolute Gasteiger partial charge is 0.407 e. The SMILES string of the molecule is CC(C)c1ccc(C(=O)Nc2sccc2C(=O)N2CCC(CNC(=O)OC(C)(C)C)CC2)cc1. The van der Waals surface area contributed by atoms with Crippen LogP contribution in [0, 0.1) is 5.92 Å². The lowest BCUT2D eigenvalue weighted by Crippen LogP contribution is -2.42. The minimum atomic E-state index is -0.523. The van der Waals surface area contributed by atoms with Gasteiger partial charge in [0.15, 0.2) is 0 Å². The fourth-order valence-electron chi connectivity index (χ4n) is 3.82. The standard InChI is InChI=1S/C26H35N3O4S/c1-17(2)19-6-8-20(9-7-19)22(30)28-23-21(12-15-34-23)24(31)29-13-10-18(11-14-29)16-27-25(32)33-26(3,4)5/h6-9,12,15,17-18H,10-11,13-14,16H2,1-5H3,(H,27,32)(H,28,30). The van der Waals surface area contributed by atoms with Gasteiger partial charge in [0.05, 0.1) is 5.56 Å². The average molecular weight is 486 g/mol. The Balaban J connectivity index is 1.52. The molecule has 3 rings (SSSR count). The first-order valence-corrected chi connectivity index (χ1v) is 12.7. The van der Waals surface area contributed by atoms with Crippen molar-refractivity contribution in [1.29, 1.82) is 0 Å². The number of thiophene rings is 1. The molecule has 184 valence electrons. The number of likely N-dealkylation sites (tertiary alicyclic amines) is 1. The molecule has 1 aromatic carbocycles. The zero-order valence-electron chi connectivity index (χ0n) is 20.6. The Labute approximate surface area is 205 Å². The number of nitrogens with one attached hydrogen (secondary N) is 2. The van der Waals surface area contributed by atoms with Crippen molar-refractivity contribution >= 4 is 34.2 Å². The van der Waals surface area contributed by atoms with E-state index >= 15 is 0 Å². The predicted molar refractivity (Wildman–Crippen MR) is 136 cm³/mol. The lowest BCUT2D eigenvalue weighted by atomic mass is 9.96. The molecule has 8 heteroatoms. The van der Waals surface area contributed by atoms with Crippen molar-refractivity contribution in [3.8, 4) is 0 Å². The number of benzene rings is 1. The highest BCUT2D eigenvalue weighted by Gasteiger charge is 2.27. The fraction of sp³-hybridized carbons (Fsp3) is 0.500. The predicted octanol–water partition coefficient (Wildman–Crippen LogP) is 5.50. The molecule has 3 amide bonds. The summed E-state index contributed by atoms with van der Waals surface area (Å²) >= 11 is 1.35. The molecule has 0 saturated carbocycles. The summed E-state index contributed by atoms with van der Waals surface area (Å²) in [6, 6.07) is 9.32. The first-order valence-electron chi connectivity index (χ1n) is 11.8. The molecule has 2 heterocycles. The molecular formula is C26H35N3O4S. The summed E-state index contributed by atoms with van der Waals surface area (Å²) in [5.74, 6) is 0.395. The third kappa shape index (κ3) is 7.06. The van der Waals surface area contributed by atoms with Gasteiger partial charge in [0.1, 0.15) is 10.6 Å². The first kappa shape index (κ1) is 25.7. The van der Waals surface area contributed by atoms with E-state index in [9.17, 15) is 14.4 Å². The van der Waals surface area contributed by atoms with E-state index in [-0.39, 0.29) is 11.8 Å². The number of hydrogen-bond donors (Lipinski definition) is 2. The van der Waals surface area contributed by atoms with Crippen molar-refractivity contribution in [1.82, 2.24) is 10.2 Å². The van der Waals surface area contributed by atoms with Gasteiger partial charge in [0.25, 0.3) is 11.8 Å². The molecule has 1 aromatic heterocycles. The van der Waals surface area contributed by atoms with Gasteiger partial charge < -0.3 is 20.3 Å². The summed E-state index contributed by atoms with van der Waals surface area (Å²) in [7, 11) is 0. The fourth-order valence-corrected chi connectivity index (χ4v) is 4.60. The van der Waals surface area contributed by atoms with Crippen LogP contribution in [-0.4, -0.2) is 48.0 Å². The van der Waals surface area contributed by atoms with Crippen LogP contribution in [0.4, 0.5) is 9.80 Å². The zero-order valence-corrected chi connectivity index (χ0v) is 21.5. The van der Waals surface area contributed by atoms with Gasteiger partial charge in [-0.2, -0.15) is 0 Å². The number of anilines is 1. The molecular weight excluding hydrogens is 450 g/mol. The number of piperidine rings is 1. The molecule has 1 saturated heterocycles. The molecule has 0 atom stereocenters. The number of rotatable bonds is 6. The van der Waals surface area contributed by atoms with Gasteiger partial charge in [-0.1, -0.05) is 26.0 Å². The van der Waals surface area contributed by atoms with E-state index in [1.165, 1.54) is 16.9 Å². The van der Waals surface area contributed by atoms with Crippen LogP contribution >= 0.6 is 11.3 Å². The first-order chi connectivity index (χ1) is 16.0. The lowest BCUT2D eigenvalue weighted by Gasteiger charge is -2.32. The normalized spacial score (nSPS) is 14.7. The quantitative estimate of drug-likeness (QED) is 0.565. The van der Waals surface area contributed by atoms with Crippen molar-refractivity contribution in [3.63, 3.8) is 0 Å². The third-order valence-corrected chi connectivity index (χ3v) is 6.63. The van der Waals surface area contributed by atoms with E-state index in [1.54, 1.807) is 6.07 Å². The van der Waals surface area contributed by atoms with Gasteiger partial charge in [-0.05, 0) is 74.6 Å². The maximum absolute atomic E-state index is 13.1. The van der Waals surface area contributed by atoms with E-state index in [0.717, 1.165) is 12.8 Å². The molecule has 0 unspecified atom stereocenters. The van der Waals surface area contributed by atoms with Crippen LogP contribution in [0.2, 0.25) is 0 Å². The highest BCUT2D eigenvalue weighted by molar-refractivity contribution is 7.14. The molecule has 2 aromatic rings. The molecule has 0 bridgehead atoms. The van der Waals surface area contributed by atoms with Crippen LogP contribution in [0.25, 0.3) is 0 Å². The Morgan fingerprint density at radius 2 is 1.74 bits per heavy atom. The summed E-state index contributed by atoms with van der Waals surface area (Å²) in [6.07, 6.45) is 1.19. The summed E-state index contributed by atoms with van der Waals surface area (Å²) in [4.78, 5) is 39.6. The summed E-state index contributed by atoms with van der Waals surface area (Å²) in [6.45, 7) is 11.5. The minimum Gasteiger partial charge on any atom is -0.444 e. The highest BCUT2D eigenvalue weighted by atomic mass is 32.1. The van der Waals surface area contributed by atoms with Gasteiger partial charge in [-0.25, -0.2) is 4.79 Å². The van der Waals surface area contributed by atoms with Crippen LogP contribution in [0.1, 0.15) is 79.7 Å². The van der Waals surface area contributed by atoms with Gasteiger partial charge in [-0.15, -0.1) is 11.3 Å². The minimum absolute atomic E-state index is 0.0785. The Kier molecular flexibility index (Phi) is 8.36. The molecule has 0 spiro atoms. The Morgan fingerprint density at radius 1 is 1.09 bits per heavy atom. The third-order valence-electron chi connectivity index (χ3n) is 5.80. The Morgan fingerprint density at radius 3 is 2.32 bits per heavy atom. The van der Waals surface area contributed by atoms with Crippen LogP contribution in [-0.2, 0) is 4.74 Å². The van der Waals surface area contributed by atoms with Crippen molar-refractivity contribution in [3.05, 3.63) is 52.4 Å². The zero-order chi connectivity index (χ0) is 24.9. The molecule has 2 N–H and O–H groups in total. The highest BCUT2D eigenvalue weighted by Crippen LogP contribution is 2.27. The number of amides is 3. The molecule has 0 aliphatic carbocycles. The van der Waals surface area contributed by atoms with Gasteiger partial charge in [0.2, 0.25) is 0 Å². The van der Waals surface area contributed by atoms with Crippen LogP contribution in [0.3, 0.4) is 0 Å².